The van der Waals surface area contributed by atoms with Crippen LogP contribution >= 0.6 is 11.6 Å². The van der Waals surface area contributed by atoms with Gasteiger partial charge in [0, 0.05) is 10.6 Å². The van der Waals surface area contributed by atoms with Crippen molar-refractivity contribution in [3.8, 4) is 16.9 Å². The number of ether oxygens (including phenoxy) is 1. The molecule has 2 aromatic carbocycles. The summed E-state index contributed by atoms with van der Waals surface area (Å²) in [6, 6.07) is 14.0. The molecule has 0 aliphatic heterocycles. The molecule has 0 unspecified atom stereocenters. The van der Waals surface area contributed by atoms with E-state index < -0.39 is 0 Å². The molecule has 0 spiro atoms. The summed E-state index contributed by atoms with van der Waals surface area (Å²) in [6.07, 6.45) is 1.55. The maximum absolute atomic E-state index is 12.3. The smallest absolute Gasteiger partial charge is 0.258 e. The SMILES string of the molecule is COc1ccc(-c2cnoc2NC(=O)c2cccc(Cl)c2)cc1. The third kappa shape index (κ3) is 3.35. The van der Waals surface area contributed by atoms with Gasteiger partial charge in [-0.15, -0.1) is 0 Å². The maximum atomic E-state index is 12.3. The molecule has 0 radical (unpaired) electrons. The van der Waals surface area contributed by atoms with Gasteiger partial charge in [0.05, 0.1) is 18.9 Å². The fourth-order valence-electron chi connectivity index (χ4n) is 2.11. The van der Waals surface area contributed by atoms with Crippen LogP contribution in [-0.4, -0.2) is 18.2 Å². The number of rotatable bonds is 4. The van der Waals surface area contributed by atoms with Crippen molar-refractivity contribution in [1.82, 2.24) is 5.16 Å². The lowest BCUT2D eigenvalue weighted by Gasteiger charge is -2.05. The zero-order valence-electron chi connectivity index (χ0n) is 12.2. The zero-order chi connectivity index (χ0) is 16.2. The van der Waals surface area contributed by atoms with E-state index in [0.29, 0.717) is 16.1 Å². The first kappa shape index (κ1) is 15.1. The van der Waals surface area contributed by atoms with Crippen molar-refractivity contribution in [3.05, 3.63) is 65.3 Å². The number of nitrogens with zero attached hydrogens (tertiary/aromatic N) is 1. The molecular weight excluding hydrogens is 316 g/mol. The maximum Gasteiger partial charge on any atom is 0.258 e. The number of methoxy groups -OCH3 is 1. The fourth-order valence-corrected chi connectivity index (χ4v) is 2.30. The van der Waals surface area contributed by atoms with Gasteiger partial charge >= 0.3 is 0 Å². The van der Waals surface area contributed by atoms with Gasteiger partial charge in [0.2, 0.25) is 5.88 Å². The normalized spacial score (nSPS) is 10.3. The number of aromatic nitrogens is 1. The van der Waals surface area contributed by atoms with E-state index in [1.54, 1.807) is 37.6 Å². The van der Waals surface area contributed by atoms with E-state index in [1.807, 2.05) is 24.3 Å². The van der Waals surface area contributed by atoms with Crippen LogP contribution in [0.3, 0.4) is 0 Å². The van der Waals surface area contributed by atoms with Crippen LogP contribution in [-0.2, 0) is 0 Å². The summed E-state index contributed by atoms with van der Waals surface area (Å²) in [7, 11) is 1.60. The summed E-state index contributed by atoms with van der Waals surface area (Å²) in [5, 5.41) is 6.95. The summed E-state index contributed by atoms with van der Waals surface area (Å²) in [5.41, 5.74) is 1.98. The van der Waals surface area contributed by atoms with E-state index in [4.69, 9.17) is 20.9 Å². The molecule has 6 heteroatoms. The summed E-state index contributed by atoms with van der Waals surface area (Å²) in [6.45, 7) is 0. The molecule has 0 atom stereocenters. The Hall–Kier alpha value is -2.79. The Kier molecular flexibility index (Phi) is 4.30. The zero-order valence-corrected chi connectivity index (χ0v) is 13.0. The van der Waals surface area contributed by atoms with Crippen LogP contribution in [0.25, 0.3) is 11.1 Å². The van der Waals surface area contributed by atoms with Gasteiger partial charge < -0.3 is 9.26 Å². The van der Waals surface area contributed by atoms with Crippen molar-refractivity contribution in [2.75, 3.05) is 12.4 Å². The third-order valence-corrected chi connectivity index (χ3v) is 3.52. The Labute approximate surface area is 137 Å². The summed E-state index contributed by atoms with van der Waals surface area (Å²) in [5.74, 6) is 0.703. The second-order valence-electron chi connectivity index (χ2n) is 4.76. The molecule has 3 rings (SSSR count). The predicted octanol–water partition coefficient (Wildman–Crippen LogP) is 4.26. The molecule has 1 heterocycles. The van der Waals surface area contributed by atoms with Gasteiger partial charge in [-0.1, -0.05) is 35.0 Å². The van der Waals surface area contributed by atoms with Crippen LogP contribution in [0.5, 0.6) is 5.75 Å². The molecule has 1 amide bonds. The van der Waals surface area contributed by atoms with Crippen LogP contribution in [0, 0.1) is 0 Å². The van der Waals surface area contributed by atoms with E-state index in [0.717, 1.165) is 11.3 Å². The first-order valence-corrected chi connectivity index (χ1v) is 7.21. The minimum absolute atomic E-state index is 0.278. The highest BCUT2D eigenvalue weighted by Crippen LogP contribution is 2.29. The molecule has 0 fully saturated rings. The molecule has 0 aliphatic carbocycles. The summed E-state index contributed by atoms with van der Waals surface area (Å²) in [4.78, 5) is 12.3. The molecule has 0 saturated heterocycles. The molecule has 1 N–H and O–H groups in total. The lowest BCUT2D eigenvalue weighted by Crippen LogP contribution is -2.11. The van der Waals surface area contributed by atoms with Crippen LogP contribution in [0.1, 0.15) is 10.4 Å². The van der Waals surface area contributed by atoms with Gasteiger partial charge in [0.15, 0.2) is 0 Å². The largest absolute Gasteiger partial charge is 0.497 e. The Bertz CT molecular complexity index is 828. The highest BCUT2D eigenvalue weighted by molar-refractivity contribution is 6.31. The molecular formula is C17H13ClN2O3. The standard InChI is InChI=1S/C17H13ClN2O3/c1-22-14-7-5-11(6-8-14)15-10-19-23-17(15)20-16(21)12-3-2-4-13(18)9-12/h2-10H,1H3,(H,20,21). The minimum atomic E-state index is -0.320. The highest BCUT2D eigenvalue weighted by atomic mass is 35.5. The van der Waals surface area contributed by atoms with Crippen LogP contribution < -0.4 is 10.1 Å². The van der Waals surface area contributed by atoms with Crippen molar-refractivity contribution in [3.63, 3.8) is 0 Å². The number of amides is 1. The number of carbonyl (C=O) groups is 1. The van der Waals surface area contributed by atoms with E-state index in [2.05, 4.69) is 10.5 Å². The third-order valence-electron chi connectivity index (χ3n) is 3.29. The van der Waals surface area contributed by atoms with Crippen LogP contribution in [0.4, 0.5) is 5.88 Å². The highest BCUT2D eigenvalue weighted by Gasteiger charge is 2.15. The van der Waals surface area contributed by atoms with Crippen molar-refractivity contribution >= 4 is 23.4 Å². The first-order chi connectivity index (χ1) is 11.2. The lowest BCUT2D eigenvalue weighted by molar-refractivity contribution is 0.102. The molecule has 5 nitrogen and oxygen atoms in total. The topological polar surface area (TPSA) is 64.4 Å². The molecule has 0 saturated carbocycles. The van der Waals surface area contributed by atoms with Gasteiger partial charge in [-0.3, -0.25) is 10.1 Å². The van der Waals surface area contributed by atoms with Crippen molar-refractivity contribution in [2.45, 2.75) is 0 Å². The van der Waals surface area contributed by atoms with Crippen molar-refractivity contribution in [2.24, 2.45) is 0 Å². The number of hydrogen-bond acceptors (Lipinski definition) is 4. The van der Waals surface area contributed by atoms with Crippen molar-refractivity contribution in [1.29, 1.82) is 0 Å². The molecule has 0 aliphatic rings. The molecule has 23 heavy (non-hydrogen) atoms. The first-order valence-electron chi connectivity index (χ1n) is 6.83. The van der Waals surface area contributed by atoms with E-state index >= 15 is 0 Å². The van der Waals surface area contributed by atoms with E-state index in [9.17, 15) is 4.79 Å². The quantitative estimate of drug-likeness (QED) is 0.777. The Morgan fingerprint density at radius 2 is 2.00 bits per heavy atom. The summed E-state index contributed by atoms with van der Waals surface area (Å²) < 4.78 is 10.3. The Morgan fingerprint density at radius 1 is 1.22 bits per heavy atom. The molecule has 0 bridgehead atoms. The summed E-state index contributed by atoms with van der Waals surface area (Å²) >= 11 is 5.90. The number of benzene rings is 2. The van der Waals surface area contributed by atoms with Crippen molar-refractivity contribution < 1.29 is 14.1 Å². The van der Waals surface area contributed by atoms with Gasteiger partial charge in [-0.05, 0) is 35.9 Å². The second kappa shape index (κ2) is 6.54. The average Bonchev–Trinajstić information content (AvgIpc) is 3.03. The number of anilines is 1. The van der Waals surface area contributed by atoms with Gasteiger partial charge in [-0.25, -0.2) is 0 Å². The fraction of sp³-hybridized carbons (Fsp3) is 0.0588. The van der Waals surface area contributed by atoms with E-state index in [1.165, 1.54) is 0 Å². The second-order valence-corrected chi connectivity index (χ2v) is 5.20. The van der Waals surface area contributed by atoms with Gasteiger partial charge in [0.25, 0.3) is 5.91 Å². The van der Waals surface area contributed by atoms with E-state index in [-0.39, 0.29) is 11.8 Å². The monoisotopic (exact) mass is 328 g/mol. The molecule has 116 valence electrons. The average molecular weight is 329 g/mol. The predicted molar refractivity (Wildman–Crippen MR) is 87.9 cm³/mol. The Morgan fingerprint density at radius 3 is 2.70 bits per heavy atom. The van der Waals surface area contributed by atoms with Crippen LogP contribution in [0.15, 0.2) is 59.3 Å². The lowest BCUT2D eigenvalue weighted by atomic mass is 10.1. The number of carbonyl (C=O) groups excluding carboxylic acids is 1. The van der Waals surface area contributed by atoms with Gasteiger partial charge in [-0.2, -0.15) is 0 Å². The number of nitrogens with one attached hydrogen (secondary N) is 1. The van der Waals surface area contributed by atoms with Gasteiger partial charge in [0.1, 0.15) is 5.75 Å². The minimum Gasteiger partial charge on any atom is -0.497 e. The molecule has 1 aromatic heterocycles. The number of halogens is 1. The van der Waals surface area contributed by atoms with Crippen LogP contribution in [0.2, 0.25) is 5.02 Å². The number of hydrogen-bond donors (Lipinski definition) is 1. The molecule has 3 aromatic rings. The Balaban J connectivity index is 1.84.